The topological polar surface area (TPSA) is 47.0 Å². The van der Waals surface area contributed by atoms with Gasteiger partial charge in [0.05, 0.1) is 6.10 Å². The number of carbonyl (C=O) groups excluding carboxylic acids is 1. The summed E-state index contributed by atoms with van der Waals surface area (Å²) in [6.45, 7) is 5.01. The minimum Gasteiger partial charge on any atom is -0.390 e. The zero-order valence-electron chi connectivity index (χ0n) is 12.9. The number of carbonyl (C=O) groups is 1. The van der Waals surface area contributed by atoms with E-state index in [0.29, 0.717) is 18.7 Å². The number of rotatable bonds is 5. The van der Waals surface area contributed by atoms with Crippen molar-refractivity contribution < 1.29 is 9.90 Å². The predicted octanol–water partition coefficient (Wildman–Crippen LogP) is 0.367. The maximum absolute atomic E-state index is 12.2. The summed E-state index contributed by atoms with van der Waals surface area (Å²) in [5, 5.41) is 10.2. The third-order valence-electron chi connectivity index (χ3n) is 3.92. The summed E-state index contributed by atoms with van der Waals surface area (Å²) in [6.07, 6.45) is -0.508. The van der Waals surface area contributed by atoms with Gasteiger partial charge < -0.3 is 14.9 Å². The van der Waals surface area contributed by atoms with Crippen molar-refractivity contribution in [3.63, 3.8) is 0 Å². The first kappa shape index (κ1) is 15.9. The zero-order valence-corrected chi connectivity index (χ0v) is 12.9. The lowest BCUT2D eigenvalue weighted by Gasteiger charge is -2.34. The van der Waals surface area contributed by atoms with Crippen LogP contribution in [0, 0.1) is 0 Å². The Morgan fingerprint density at radius 2 is 1.86 bits per heavy atom. The molecule has 1 saturated heterocycles. The first-order valence-electron chi connectivity index (χ1n) is 7.45. The third-order valence-corrected chi connectivity index (χ3v) is 3.92. The molecule has 5 heteroatoms. The van der Waals surface area contributed by atoms with Crippen LogP contribution in [0.2, 0.25) is 0 Å². The van der Waals surface area contributed by atoms with E-state index < -0.39 is 6.10 Å². The highest BCUT2D eigenvalue weighted by atomic mass is 16.3. The largest absolute Gasteiger partial charge is 0.390 e. The molecule has 1 aliphatic heterocycles. The number of benzene rings is 1. The summed E-state index contributed by atoms with van der Waals surface area (Å²) in [5.74, 6) is -0.0481. The maximum atomic E-state index is 12.2. The lowest BCUT2D eigenvalue weighted by atomic mass is 10.2. The number of hydrogen-bond donors (Lipinski definition) is 1. The van der Waals surface area contributed by atoms with Crippen molar-refractivity contribution in [1.29, 1.82) is 0 Å². The second-order valence-electron chi connectivity index (χ2n) is 5.81. The normalized spacial score (nSPS) is 18.4. The van der Waals surface area contributed by atoms with E-state index in [1.165, 1.54) is 0 Å². The van der Waals surface area contributed by atoms with Gasteiger partial charge in [0.25, 0.3) is 5.91 Å². The third kappa shape index (κ3) is 4.81. The van der Waals surface area contributed by atoms with Crippen molar-refractivity contribution in [2.45, 2.75) is 6.10 Å². The first-order chi connectivity index (χ1) is 10.1. The Labute approximate surface area is 126 Å². The first-order valence-corrected chi connectivity index (χ1v) is 7.45. The van der Waals surface area contributed by atoms with Crippen molar-refractivity contribution in [2.75, 3.05) is 53.4 Å². The lowest BCUT2D eigenvalue weighted by molar-refractivity contribution is 0.0501. The van der Waals surface area contributed by atoms with Crippen molar-refractivity contribution in [2.24, 2.45) is 0 Å². The van der Waals surface area contributed by atoms with Crippen LogP contribution in [0.4, 0.5) is 0 Å². The molecular weight excluding hydrogens is 266 g/mol. The number of aliphatic hydroxyl groups is 1. The standard InChI is InChI=1S/C16H25N3O2/c1-17-8-10-19(11-9-17)13-15(20)12-18(2)16(21)14-6-4-3-5-7-14/h3-7,15,20H,8-13H2,1-2H3. The molecule has 0 spiro atoms. The summed E-state index contributed by atoms with van der Waals surface area (Å²) in [5.41, 5.74) is 0.659. The zero-order chi connectivity index (χ0) is 15.2. The maximum Gasteiger partial charge on any atom is 0.253 e. The minimum absolute atomic E-state index is 0.0481. The Hall–Kier alpha value is -1.43. The molecular formula is C16H25N3O2. The Kier molecular flexibility index (Phi) is 5.73. The van der Waals surface area contributed by atoms with Crippen LogP contribution in [0.15, 0.2) is 30.3 Å². The molecule has 1 heterocycles. The number of β-amino-alcohol motifs (C(OH)–C–C–N with tert-alkyl or cyclic N) is 1. The lowest BCUT2D eigenvalue weighted by Crippen LogP contribution is -2.49. The van der Waals surface area contributed by atoms with Gasteiger partial charge in [-0.25, -0.2) is 0 Å². The quantitative estimate of drug-likeness (QED) is 0.851. The molecule has 1 aliphatic rings. The number of likely N-dealkylation sites (N-methyl/N-ethyl adjacent to an activating group) is 2. The number of piperazine rings is 1. The van der Waals surface area contributed by atoms with Crippen LogP contribution in [0.1, 0.15) is 10.4 Å². The van der Waals surface area contributed by atoms with E-state index in [4.69, 9.17) is 0 Å². The van der Waals surface area contributed by atoms with Gasteiger partial charge in [-0.15, -0.1) is 0 Å². The summed E-state index contributed by atoms with van der Waals surface area (Å²) in [6, 6.07) is 9.18. The monoisotopic (exact) mass is 291 g/mol. The molecule has 1 aromatic carbocycles. The van der Waals surface area contributed by atoms with E-state index >= 15 is 0 Å². The summed E-state index contributed by atoms with van der Waals surface area (Å²) in [4.78, 5) is 18.3. The van der Waals surface area contributed by atoms with Gasteiger partial charge in [-0.2, -0.15) is 0 Å². The van der Waals surface area contributed by atoms with Gasteiger partial charge in [0.15, 0.2) is 0 Å². The molecule has 0 bridgehead atoms. The second-order valence-corrected chi connectivity index (χ2v) is 5.81. The predicted molar refractivity (Wildman–Crippen MR) is 83.3 cm³/mol. The Morgan fingerprint density at radius 1 is 1.24 bits per heavy atom. The average Bonchev–Trinajstić information content (AvgIpc) is 2.49. The van der Waals surface area contributed by atoms with Gasteiger partial charge in [-0.1, -0.05) is 18.2 Å². The number of hydrogen-bond acceptors (Lipinski definition) is 4. The van der Waals surface area contributed by atoms with E-state index in [-0.39, 0.29) is 5.91 Å². The highest BCUT2D eigenvalue weighted by molar-refractivity contribution is 5.93. The van der Waals surface area contributed by atoms with Gasteiger partial charge in [-0.3, -0.25) is 9.69 Å². The Morgan fingerprint density at radius 3 is 2.48 bits per heavy atom. The molecule has 1 aromatic rings. The molecule has 0 aromatic heterocycles. The van der Waals surface area contributed by atoms with Crippen LogP contribution in [0.5, 0.6) is 0 Å². The average molecular weight is 291 g/mol. The molecule has 21 heavy (non-hydrogen) atoms. The molecule has 1 N–H and O–H groups in total. The molecule has 1 amide bonds. The fourth-order valence-electron chi connectivity index (χ4n) is 2.59. The van der Waals surface area contributed by atoms with Gasteiger partial charge in [0.1, 0.15) is 0 Å². The SMILES string of the molecule is CN1CCN(CC(O)CN(C)C(=O)c2ccccc2)CC1. The van der Waals surface area contributed by atoms with Crippen molar-refractivity contribution >= 4 is 5.91 Å². The second kappa shape index (κ2) is 7.54. The van der Waals surface area contributed by atoms with Gasteiger partial charge in [0, 0.05) is 51.9 Å². The molecule has 1 atom stereocenters. The van der Waals surface area contributed by atoms with Gasteiger partial charge in [-0.05, 0) is 19.2 Å². The van der Waals surface area contributed by atoms with E-state index in [1.807, 2.05) is 18.2 Å². The van der Waals surface area contributed by atoms with Crippen LogP contribution >= 0.6 is 0 Å². The van der Waals surface area contributed by atoms with Crippen molar-refractivity contribution in [3.8, 4) is 0 Å². The van der Waals surface area contributed by atoms with E-state index in [2.05, 4.69) is 16.8 Å². The number of amides is 1. The van der Waals surface area contributed by atoms with E-state index in [1.54, 1.807) is 24.1 Å². The van der Waals surface area contributed by atoms with Crippen LogP contribution in [-0.2, 0) is 0 Å². The van der Waals surface area contributed by atoms with Gasteiger partial charge in [0.2, 0.25) is 0 Å². The molecule has 1 fully saturated rings. The molecule has 0 saturated carbocycles. The Balaban J connectivity index is 1.79. The summed E-state index contributed by atoms with van der Waals surface area (Å²) < 4.78 is 0. The van der Waals surface area contributed by atoms with Crippen molar-refractivity contribution in [3.05, 3.63) is 35.9 Å². The molecule has 0 radical (unpaired) electrons. The van der Waals surface area contributed by atoms with Gasteiger partial charge >= 0.3 is 0 Å². The number of nitrogens with zero attached hydrogens (tertiary/aromatic N) is 3. The van der Waals surface area contributed by atoms with Crippen LogP contribution in [0.3, 0.4) is 0 Å². The van der Waals surface area contributed by atoms with E-state index in [0.717, 1.165) is 26.2 Å². The molecule has 0 aliphatic carbocycles. The van der Waals surface area contributed by atoms with E-state index in [9.17, 15) is 9.90 Å². The van der Waals surface area contributed by atoms with Crippen LogP contribution < -0.4 is 0 Å². The smallest absolute Gasteiger partial charge is 0.253 e. The molecule has 5 nitrogen and oxygen atoms in total. The molecule has 116 valence electrons. The fraction of sp³-hybridized carbons (Fsp3) is 0.562. The minimum atomic E-state index is -0.508. The van der Waals surface area contributed by atoms with Crippen LogP contribution in [0.25, 0.3) is 0 Å². The molecule has 1 unspecified atom stereocenters. The fourth-order valence-corrected chi connectivity index (χ4v) is 2.59. The summed E-state index contributed by atoms with van der Waals surface area (Å²) >= 11 is 0. The molecule has 2 rings (SSSR count). The Bertz CT molecular complexity index is 444. The van der Waals surface area contributed by atoms with Crippen molar-refractivity contribution in [1.82, 2.24) is 14.7 Å². The summed E-state index contributed by atoms with van der Waals surface area (Å²) in [7, 11) is 3.85. The highest BCUT2D eigenvalue weighted by Crippen LogP contribution is 2.05. The number of aliphatic hydroxyl groups excluding tert-OH is 1. The van der Waals surface area contributed by atoms with Crippen LogP contribution in [-0.4, -0.2) is 85.2 Å². The highest BCUT2D eigenvalue weighted by Gasteiger charge is 2.20.